The first-order valence-electron chi connectivity index (χ1n) is 19.1. The lowest BCUT2D eigenvalue weighted by Gasteiger charge is -2.10. The van der Waals surface area contributed by atoms with Crippen molar-refractivity contribution in [3.63, 3.8) is 0 Å². The molecule has 1 rings (SSSR count). The first-order valence-corrected chi connectivity index (χ1v) is 19.1. The van der Waals surface area contributed by atoms with Crippen LogP contribution in [0.5, 0.6) is 5.75 Å². The van der Waals surface area contributed by atoms with Crippen LogP contribution in [0.25, 0.3) is 0 Å². The summed E-state index contributed by atoms with van der Waals surface area (Å²) in [5.74, 6) is 0.524. The van der Waals surface area contributed by atoms with Gasteiger partial charge < -0.3 is 62.6 Å². The third-order valence-electron chi connectivity index (χ3n) is 7.23. The molecule has 14 heteroatoms. The molecule has 2 N–H and O–H groups in total. The summed E-state index contributed by atoms with van der Waals surface area (Å²) in [5.41, 5.74) is 6.44. The molecule has 0 atom stereocenters. The summed E-state index contributed by atoms with van der Waals surface area (Å²) in [5, 5.41) is 0. The molecule has 0 aromatic heterocycles. The number of nitrogens with two attached hydrogens (primary N) is 1. The number of rotatable bonds is 42. The van der Waals surface area contributed by atoms with Crippen molar-refractivity contribution in [2.75, 3.05) is 151 Å². The van der Waals surface area contributed by atoms with Crippen LogP contribution in [-0.2, 0) is 56.9 Å². The summed E-state index contributed by atoms with van der Waals surface area (Å²) in [6, 6.07) is 7.38. The second-order valence-electron chi connectivity index (χ2n) is 11.6. The molecule has 0 heterocycles. The van der Waals surface area contributed by atoms with Gasteiger partial charge in [-0.3, -0.25) is 4.79 Å². The first-order chi connectivity index (χ1) is 25.7. The highest BCUT2D eigenvalue weighted by atomic mass is 16.6. The maximum Gasteiger partial charge on any atom is 0.305 e. The number of unbranched alkanes of at least 4 members (excludes halogenated alkanes) is 6. The van der Waals surface area contributed by atoms with Gasteiger partial charge >= 0.3 is 5.97 Å². The lowest BCUT2D eigenvalue weighted by atomic mass is 10.1. The van der Waals surface area contributed by atoms with Gasteiger partial charge in [-0.15, -0.1) is 0 Å². The van der Waals surface area contributed by atoms with Crippen molar-refractivity contribution >= 4 is 11.7 Å². The highest BCUT2D eigenvalue weighted by Crippen LogP contribution is 2.19. The minimum absolute atomic E-state index is 0.142. The zero-order valence-electron chi connectivity index (χ0n) is 31.9. The summed E-state index contributed by atoms with van der Waals surface area (Å²) < 4.78 is 65.6. The van der Waals surface area contributed by atoms with Gasteiger partial charge in [0.2, 0.25) is 0 Å². The zero-order chi connectivity index (χ0) is 37.3. The van der Waals surface area contributed by atoms with Crippen molar-refractivity contribution in [2.45, 2.75) is 58.3 Å². The topological polar surface area (TPSA) is 154 Å². The standard InChI is InChI=1S/C38H69NO13/c1-2-3-4-5-6-7-8-13-38(40)52-35-33-50-31-29-48-27-25-46-23-21-44-19-17-42-15-14-41-16-18-43-20-22-45-24-26-47-28-30-49-32-34-51-37-12-10-9-11-36(37)39/h9-12H,2-8,13-35,39H2,1H3. The van der Waals surface area contributed by atoms with Crippen LogP contribution in [0.4, 0.5) is 5.69 Å². The fourth-order valence-electron chi connectivity index (χ4n) is 4.42. The van der Waals surface area contributed by atoms with E-state index < -0.39 is 0 Å². The van der Waals surface area contributed by atoms with E-state index in [9.17, 15) is 4.79 Å². The van der Waals surface area contributed by atoms with Gasteiger partial charge in [0.05, 0.1) is 138 Å². The van der Waals surface area contributed by atoms with Crippen molar-refractivity contribution in [1.29, 1.82) is 0 Å². The Bertz CT molecular complexity index is 883. The second kappa shape index (κ2) is 40.1. The number of carbonyl (C=O) groups excluding carboxylic acids is 1. The maximum absolute atomic E-state index is 11.7. The number of para-hydroxylation sites is 2. The molecular weight excluding hydrogens is 678 g/mol. The molecule has 0 spiro atoms. The number of nitrogen functional groups attached to an aromatic ring is 1. The molecule has 0 aliphatic rings. The van der Waals surface area contributed by atoms with E-state index >= 15 is 0 Å². The van der Waals surface area contributed by atoms with E-state index in [0.29, 0.717) is 157 Å². The quantitative estimate of drug-likeness (QED) is 0.0567. The molecule has 52 heavy (non-hydrogen) atoms. The Morgan fingerprint density at radius 1 is 0.442 bits per heavy atom. The van der Waals surface area contributed by atoms with Crippen molar-refractivity contribution in [2.24, 2.45) is 0 Å². The SMILES string of the molecule is CCCCCCCCCC(=O)OCCOCCOCCOCCOCCOCCOCCOCCOCCOCCOCCOc1ccccc1N. The molecule has 0 amide bonds. The van der Waals surface area contributed by atoms with Gasteiger partial charge in [0.15, 0.2) is 0 Å². The number of anilines is 1. The molecule has 304 valence electrons. The number of hydrogen-bond acceptors (Lipinski definition) is 14. The van der Waals surface area contributed by atoms with Crippen molar-refractivity contribution < 1.29 is 61.6 Å². The Morgan fingerprint density at radius 2 is 0.769 bits per heavy atom. The number of benzene rings is 1. The molecule has 1 aromatic rings. The van der Waals surface area contributed by atoms with Gasteiger partial charge in [0.1, 0.15) is 19.0 Å². The Labute approximate surface area is 312 Å². The molecule has 1 aromatic carbocycles. The van der Waals surface area contributed by atoms with E-state index in [1.807, 2.05) is 18.2 Å². The fourth-order valence-corrected chi connectivity index (χ4v) is 4.42. The highest BCUT2D eigenvalue weighted by Gasteiger charge is 2.03. The largest absolute Gasteiger partial charge is 0.489 e. The van der Waals surface area contributed by atoms with Crippen LogP contribution < -0.4 is 10.5 Å². The summed E-state index contributed by atoms with van der Waals surface area (Å²) in [6.45, 7) is 12.6. The van der Waals surface area contributed by atoms with E-state index in [-0.39, 0.29) is 12.6 Å². The van der Waals surface area contributed by atoms with Crippen LogP contribution in [0.15, 0.2) is 24.3 Å². The van der Waals surface area contributed by atoms with Crippen molar-refractivity contribution in [3.05, 3.63) is 24.3 Å². The summed E-state index contributed by atoms with van der Waals surface area (Å²) >= 11 is 0. The maximum atomic E-state index is 11.7. The van der Waals surface area contributed by atoms with E-state index in [4.69, 9.17) is 62.6 Å². The molecule has 0 radical (unpaired) electrons. The van der Waals surface area contributed by atoms with E-state index in [0.717, 1.165) is 12.8 Å². The molecule has 0 saturated carbocycles. The number of hydrogen-bond donors (Lipinski definition) is 1. The van der Waals surface area contributed by atoms with Gasteiger partial charge in [-0.2, -0.15) is 0 Å². The first kappa shape index (κ1) is 47.9. The predicted molar refractivity (Wildman–Crippen MR) is 198 cm³/mol. The Morgan fingerprint density at radius 3 is 1.15 bits per heavy atom. The third kappa shape index (κ3) is 34.9. The number of ether oxygens (including phenoxy) is 12. The van der Waals surface area contributed by atoms with Gasteiger partial charge in [0, 0.05) is 6.42 Å². The van der Waals surface area contributed by atoms with Gasteiger partial charge in [-0.05, 0) is 18.6 Å². The molecule has 0 fully saturated rings. The van der Waals surface area contributed by atoms with Gasteiger partial charge in [-0.25, -0.2) is 0 Å². The number of esters is 1. The minimum Gasteiger partial charge on any atom is -0.489 e. The monoisotopic (exact) mass is 747 g/mol. The van der Waals surface area contributed by atoms with Crippen molar-refractivity contribution in [1.82, 2.24) is 0 Å². The molecule has 14 nitrogen and oxygen atoms in total. The van der Waals surface area contributed by atoms with Crippen molar-refractivity contribution in [3.8, 4) is 5.75 Å². The molecule has 0 unspecified atom stereocenters. The summed E-state index contributed by atoms with van der Waals surface area (Å²) in [7, 11) is 0. The van der Waals surface area contributed by atoms with Gasteiger partial charge in [0.25, 0.3) is 0 Å². The second-order valence-corrected chi connectivity index (χ2v) is 11.6. The van der Waals surface area contributed by atoms with Crippen LogP contribution in [0.1, 0.15) is 58.3 Å². The van der Waals surface area contributed by atoms with E-state index in [2.05, 4.69) is 6.92 Å². The fraction of sp³-hybridized carbons (Fsp3) is 0.816. The summed E-state index contributed by atoms with van der Waals surface area (Å²) in [4.78, 5) is 11.7. The van der Waals surface area contributed by atoms with Gasteiger partial charge in [-0.1, -0.05) is 57.6 Å². The molecular formula is C38H69NO13. The van der Waals surface area contributed by atoms with Crippen LogP contribution >= 0.6 is 0 Å². The normalized spacial score (nSPS) is 11.3. The van der Waals surface area contributed by atoms with Crippen LogP contribution in [0.3, 0.4) is 0 Å². The lowest BCUT2D eigenvalue weighted by Crippen LogP contribution is -2.15. The third-order valence-corrected chi connectivity index (χ3v) is 7.23. The predicted octanol–water partition coefficient (Wildman–Crippen LogP) is 4.50. The Kier molecular flexibility index (Phi) is 36.9. The van der Waals surface area contributed by atoms with Crippen LogP contribution in [0, 0.1) is 0 Å². The average molecular weight is 748 g/mol. The highest BCUT2D eigenvalue weighted by molar-refractivity contribution is 5.69. The van der Waals surface area contributed by atoms with E-state index in [1.165, 1.54) is 32.1 Å². The summed E-state index contributed by atoms with van der Waals surface area (Å²) in [6.07, 6.45) is 8.78. The Balaban J connectivity index is 1.64. The van der Waals surface area contributed by atoms with Crippen LogP contribution in [0.2, 0.25) is 0 Å². The smallest absolute Gasteiger partial charge is 0.305 e. The molecule has 0 bridgehead atoms. The molecule has 0 saturated heterocycles. The van der Waals surface area contributed by atoms with Crippen LogP contribution in [-0.4, -0.2) is 151 Å². The number of carbonyl (C=O) groups is 1. The molecule has 0 aliphatic heterocycles. The Hall–Kier alpha value is -2.11. The minimum atomic E-state index is -0.142. The van der Waals surface area contributed by atoms with E-state index in [1.54, 1.807) is 6.07 Å². The molecule has 0 aliphatic carbocycles. The zero-order valence-corrected chi connectivity index (χ0v) is 31.9. The lowest BCUT2D eigenvalue weighted by molar-refractivity contribution is -0.145. The average Bonchev–Trinajstić information content (AvgIpc) is 3.15.